The topological polar surface area (TPSA) is 21.7 Å². The van der Waals surface area contributed by atoms with Gasteiger partial charge >= 0.3 is 0 Å². The van der Waals surface area contributed by atoms with E-state index in [2.05, 4.69) is 122 Å². The van der Waals surface area contributed by atoms with Crippen molar-refractivity contribution in [2.75, 3.05) is 33.4 Å². The quantitative estimate of drug-likeness (QED) is 0.135. The first-order chi connectivity index (χ1) is 18.2. The van der Waals surface area contributed by atoms with Gasteiger partial charge in [0.1, 0.15) is 18.1 Å². The van der Waals surface area contributed by atoms with E-state index in [9.17, 15) is 0 Å². The van der Waals surface area contributed by atoms with E-state index in [0.717, 1.165) is 31.1 Å². The van der Waals surface area contributed by atoms with Gasteiger partial charge in [-0.05, 0) is 70.0 Å². The van der Waals surface area contributed by atoms with Crippen LogP contribution in [0.15, 0.2) is 103 Å². The van der Waals surface area contributed by atoms with E-state index >= 15 is 0 Å². The summed E-state index contributed by atoms with van der Waals surface area (Å²) in [5, 5.41) is 5.06. The van der Waals surface area contributed by atoms with Crippen LogP contribution in [0.2, 0.25) is 0 Å². The number of fused-ring (bicyclic) bond motifs is 3. The van der Waals surface area contributed by atoms with Crippen LogP contribution in [-0.2, 0) is 0 Å². The summed E-state index contributed by atoms with van der Waals surface area (Å²) in [7, 11) is 1.71. The summed E-state index contributed by atoms with van der Waals surface area (Å²) in [6.07, 6.45) is 0. The van der Waals surface area contributed by atoms with Gasteiger partial charge in [0.05, 0.1) is 7.11 Å². The predicted molar refractivity (Wildman–Crippen MR) is 162 cm³/mol. The molecule has 5 aromatic rings. The highest BCUT2D eigenvalue weighted by Crippen LogP contribution is 2.42. The van der Waals surface area contributed by atoms with Crippen LogP contribution in [0.25, 0.3) is 21.5 Å². The molecule has 0 saturated heterocycles. The number of ether oxygens (including phenoxy) is 2. The molecular weight excluding hydrogens is 490 g/mol. The molecule has 1 unspecified atom stereocenters. The first kappa shape index (κ1) is 27.5. The van der Waals surface area contributed by atoms with Gasteiger partial charge in [-0.3, -0.25) is 0 Å². The van der Waals surface area contributed by atoms with Crippen molar-refractivity contribution in [1.82, 2.24) is 4.90 Å². The third kappa shape index (κ3) is 5.65. The molecule has 196 valence electrons. The maximum absolute atomic E-state index is 6.47. The Morgan fingerprint density at radius 1 is 0.684 bits per heavy atom. The second-order valence-electron chi connectivity index (χ2n) is 9.35. The van der Waals surface area contributed by atoms with Gasteiger partial charge in [0, 0.05) is 18.0 Å². The Bertz CT molecular complexity index is 1480. The van der Waals surface area contributed by atoms with Crippen molar-refractivity contribution in [3.63, 3.8) is 0 Å². The Balaban J connectivity index is 0.00000336. The third-order valence-corrected chi connectivity index (χ3v) is 7.35. The van der Waals surface area contributed by atoms with Crippen LogP contribution in [0.4, 0.5) is 0 Å². The zero-order valence-corrected chi connectivity index (χ0v) is 23.2. The summed E-state index contributed by atoms with van der Waals surface area (Å²) in [6.45, 7) is 8.02. The molecule has 5 rings (SSSR count). The van der Waals surface area contributed by atoms with Gasteiger partial charge in [-0.15, -0.1) is 12.4 Å². The lowest BCUT2D eigenvalue weighted by molar-refractivity contribution is 0.221. The molecule has 4 heteroatoms. The van der Waals surface area contributed by atoms with E-state index in [1.165, 1.54) is 38.2 Å². The molecule has 5 aromatic carbocycles. The van der Waals surface area contributed by atoms with Crippen LogP contribution in [-0.4, -0.2) is 38.3 Å². The second kappa shape index (κ2) is 12.8. The lowest BCUT2D eigenvalue weighted by Gasteiger charge is -2.25. The number of hydrogen-bond donors (Lipinski definition) is 0. The summed E-state index contributed by atoms with van der Waals surface area (Å²) in [5.74, 6) is 1.80. The first-order valence-electron chi connectivity index (χ1n) is 13.2. The highest BCUT2D eigenvalue weighted by molar-refractivity contribution is 6.09. The molecule has 0 spiro atoms. The fraction of sp³-hybridized carbons (Fsp3) is 0.235. The van der Waals surface area contributed by atoms with Crippen molar-refractivity contribution in [3.05, 3.63) is 120 Å². The Kier molecular flexibility index (Phi) is 9.28. The number of para-hydroxylation sites is 1. The van der Waals surface area contributed by atoms with Crippen LogP contribution < -0.4 is 9.47 Å². The molecule has 0 heterocycles. The van der Waals surface area contributed by atoms with Gasteiger partial charge < -0.3 is 14.4 Å². The summed E-state index contributed by atoms with van der Waals surface area (Å²) >= 11 is 0. The van der Waals surface area contributed by atoms with Crippen LogP contribution in [0.5, 0.6) is 11.5 Å². The zero-order valence-electron chi connectivity index (χ0n) is 22.4. The average Bonchev–Trinajstić information content (AvgIpc) is 2.96. The van der Waals surface area contributed by atoms with Crippen LogP contribution in [0, 0.1) is 0 Å². The highest BCUT2D eigenvalue weighted by Gasteiger charge is 2.23. The Morgan fingerprint density at radius 2 is 1.32 bits per heavy atom. The summed E-state index contributed by atoms with van der Waals surface area (Å²) < 4.78 is 12.0. The van der Waals surface area contributed by atoms with Crippen LogP contribution >= 0.6 is 12.4 Å². The third-order valence-electron chi connectivity index (χ3n) is 7.35. The molecule has 0 saturated carbocycles. The smallest absolute Gasteiger partial charge is 0.123 e. The summed E-state index contributed by atoms with van der Waals surface area (Å²) in [6, 6.07) is 36.7. The van der Waals surface area contributed by atoms with Crippen LogP contribution in [0.3, 0.4) is 0 Å². The average molecular weight is 526 g/mol. The monoisotopic (exact) mass is 525 g/mol. The van der Waals surface area contributed by atoms with Gasteiger partial charge in [-0.25, -0.2) is 0 Å². The van der Waals surface area contributed by atoms with Gasteiger partial charge in [-0.1, -0.05) is 92.7 Å². The number of rotatable bonds is 10. The lowest BCUT2D eigenvalue weighted by Crippen LogP contribution is -2.28. The number of halogens is 1. The molecule has 0 aromatic heterocycles. The normalized spacial score (nSPS) is 11.9. The van der Waals surface area contributed by atoms with Crippen molar-refractivity contribution in [3.8, 4) is 11.5 Å². The van der Waals surface area contributed by atoms with Gasteiger partial charge in [0.2, 0.25) is 0 Å². The summed E-state index contributed by atoms with van der Waals surface area (Å²) in [4.78, 5) is 2.39. The molecule has 0 aliphatic rings. The van der Waals surface area contributed by atoms with Crippen molar-refractivity contribution in [2.45, 2.75) is 19.8 Å². The molecule has 0 aliphatic carbocycles. The number of benzene rings is 5. The molecule has 3 nitrogen and oxygen atoms in total. The number of hydrogen-bond acceptors (Lipinski definition) is 3. The number of methoxy groups -OCH3 is 1. The van der Waals surface area contributed by atoms with E-state index < -0.39 is 0 Å². The Labute approximate surface area is 232 Å². The highest BCUT2D eigenvalue weighted by atomic mass is 35.5. The minimum absolute atomic E-state index is 0. The minimum atomic E-state index is 0. The predicted octanol–water partition coefficient (Wildman–Crippen LogP) is 8.32. The van der Waals surface area contributed by atoms with Crippen molar-refractivity contribution >= 4 is 34.0 Å². The van der Waals surface area contributed by atoms with E-state index in [0.29, 0.717) is 6.61 Å². The van der Waals surface area contributed by atoms with Gasteiger partial charge in [0.15, 0.2) is 0 Å². The largest absolute Gasteiger partial charge is 0.497 e. The molecule has 0 fully saturated rings. The SMILES string of the molecule is CCN(CC)CCOc1ccccc1C(c1ccc(OC)cc1)c1cc2ccccc2c2ccccc12.Cl. The molecule has 1 atom stereocenters. The number of nitrogens with zero attached hydrogens (tertiary/aromatic N) is 1. The van der Waals surface area contributed by atoms with E-state index in [1.54, 1.807) is 7.11 Å². The minimum Gasteiger partial charge on any atom is -0.497 e. The molecule has 0 bridgehead atoms. The van der Waals surface area contributed by atoms with Gasteiger partial charge in [0.25, 0.3) is 0 Å². The molecule has 0 amide bonds. The fourth-order valence-electron chi connectivity index (χ4n) is 5.32. The van der Waals surface area contributed by atoms with E-state index in [4.69, 9.17) is 9.47 Å². The van der Waals surface area contributed by atoms with E-state index in [-0.39, 0.29) is 18.3 Å². The van der Waals surface area contributed by atoms with Crippen molar-refractivity contribution < 1.29 is 9.47 Å². The second-order valence-corrected chi connectivity index (χ2v) is 9.35. The van der Waals surface area contributed by atoms with Crippen LogP contribution in [0.1, 0.15) is 36.5 Å². The standard InChI is InChI=1S/C34H35NO2.ClH/c1-4-35(5-2)22-23-37-33-17-11-10-16-31(33)34(25-18-20-27(36-3)21-19-25)32-24-26-12-6-7-13-28(26)29-14-8-9-15-30(29)32;/h6-21,24,34H,4-5,22-23H2,1-3H3;1H. The maximum Gasteiger partial charge on any atom is 0.123 e. The Morgan fingerprint density at radius 3 is 2.03 bits per heavy atom. The molecule has 0 radical (unpaired) electrons. The molecule has 0 N–H and O–H groups in total. The summed E-state index contributed by atoms with van der Waals surface area (Å²) in [5.41, 5.74) is 3.66. The Hall–Kier alpha value is -3.53. The number of likely N-dealkylation sites (N-methyl/N-ethyl adjacent to an activating group) is 1. The first-order valence-corrected chi connectivity index (χ1v) is 13.2. The fourth-order valence-corrected chi connectivity index (χ4v) is 5.32. The molecule has 38 heavy (non-hydrogen) atoms. The zero-order chi connectivity index (χ0) is 25.6. The van der Waals surface area contributed by atoms with Crippen molar-refractivity contribution in [2.24, 2.45) is 0 Å². The van der Waals surface area contributed by atoms with Crippen molar-refractivity contribution in [1.29, 1.82) is 0 Å². The maximum atomic E-state index is 6.47. The lowest BCUT2D eigenvalue weighted by atomic mass is 9.81. The van der Waals surface area contributed by atoms with Gasteiger partial charge in [-0.2, -0.15) is 0 Å². The molecular formula is C34H36ClNO2. The molecule has 0 aliphatic heterocycles. The van der Waals surface area contributed by atoms with E-state index in [1.807, 2.05) is 0 Å².